The molecule has 2 aromatic carbocycles. The number of alkyl carbamates (subject to hydrolysis) is 1. The molecule has 2 amide bonds. The Hall–Kier alpha value is -3.65. The predicted octanol–water partition coefficient (Wildman–Crippen LogP) is 3.61. The Bertz CT molecular complexity index is 1100. The highest BCUT2D eigenvalue weighted by atomic mass is 16.6. The van der Waals surface area contributed by atoms with E-state index in [9.17, 15) is 19.5 Å². The summed E-state index contributed by atoms with van der Waals surface area (Å²) in [4.78, 5) is 37.6. The molecule has 1 saturated heterocycles. The summed E-state index contributed by atoms with van der Waals surface area (Å²) in [5.41, 5.74) is 3.97. The van der Waals surface area contributed by atoms with E-state index in [0.717, 1.165) is 27.8 Å². The molecule has 2 unspecified atom stereocenters. The van der Waals surface area contributed by atoms with Crippen molar-refractivity contribution in [3.05, 3.63) is 71.3 Å². The fourth-order valence-electron chi connectivity index (χ4n) is 4.60. The summed E-state index contributed by atoms with van der Waals surface area (Å²) in [5.74, 6) is -1.86. The molecule has 2 aromatic rings. The van der Waals surface area contributed by atoms with E-state index in [4.69, 9.17) is 9.47 Å². The summed E-state index contributed by atoms with van der Waals surface area (Å²) < 4.78 is 11.0. The quantitative estimate of drug-likeness (QED) is 0.500. The van der Waals surface area contributed by atoms with Gasteiger partial charge in [-0.1, -0.05) is 60.2 Å². The van der Waals surface area contributed by atoms with Gasteiger partial charge in [-0.15, -0.1) is 0 Å². The highest BCUT2D eigenvalue weighted by molar-refractivity contribution is 5.93. The van der Waals surface area contributed by atoms with E-state index in [0.29, 0.717) is 0 Å². The summed E-state index contributed by atoms with van der Waals surface area (Å²) in [6.07, 6.45) is 1.36. The summed E-state index contributed by atoms with van der Waals surface area (Å²) in [7, 11) is 0. The Morgan fingerprint density at radius 3 is 2.29 bits per heavy atom. The minimum absolute atomic E-state index is 0.0575. The molecular formula is C27H30N2O6. The molecule has 184 valence electrons. The Balaban J connectivity index is 1.44. The third-order valence-corrected chi connectivity index (χ3v) is 6.51. The number of carboxylic acid groups (broad SMARTS) is 1. The fourth-order valence-corrected chi connectivity index (χ4v) is 4.60. The fraction of sp³-hybridized carbons (Fsp3) is 0.370. The highest BCUT2D eigenvalue weighted by Crippen LogP contribution is 2.44. The Morgan fingerprint density at radius 1 is 1.11 bits per heavy atom. The van der Waals surface area contributed by atoms with Crippen molar-refractivity contribution in [1.82, 2.24) is 10.6 Å². The first kappa shape index (κ1) is 24.5. The van der Waals surface area contributed by atoms with Gasteiger partial charge in [0.05, 0.1) is 6.61 Å². The second kappa shape index (κ2) is 10.3. The van der Waals surface area contributed by atoms with Gasteiger partial charge in [-0.2, -0.15) is 0 Å². The molecule has 2 atom stereocenters. The van der Waals surface area contributed by atoms with Crippen LogP contribution in [0.1, 0.15) is 43.7 Å². The standard InChI is InChI=1S/C27H30N2O6/c1-17(2)11-12-23(24(30)31)28-25(32)27(13-14-34-16-27)29-26(33)35-15-22-20-9-5-3-7-18(20)19-8-4-6-10-21(19)22/h3-11,22-23H,12-16H2,1-2H3,(H,28,32)(H,29,33)(H,30,31). The lowest BCUT2D eigenvalue weighted by Crippen LogP contribution is -2.61. The first-order chi connectivity index (χ1) is 16.8. The van der Waals surface area contributed by atoms with E-state index in [2.05, 4.69) is 22.8 Å². The maximum absolute atomic E-state index is 13.1. The third-order valence-electron chi connectivity index (χ3n) is 6.51. The number of amides is 2. The van der Waals surface area contributed by atoms with Crippen molar-refractivity contribution in [2.75, 3.05) is 19.8 Å². The van der Waals surface area contributed by atoms with Gasteiger partial charge in [-0.3, -0.25) is 4.79 Å². The second-order valence-corrected chi connectivity index (χ2v) is 9.22. The number of hydrogen-bond donors (Lipinski definition) is 3. The summed E-state index contributed by atoms with van der Waals surface area (Å²) in [6, 6.07) is 14.9. The zero-order chi connectivity index (χ0) is 25.0. The Labute approximate surface area is 204 Å². The number of ether oxygens (including phenoxy) is 2. The van der Waals surface area contributed by atoms with E-state index < -0.39 is 29.6 Å². The first-order valence-corrected chi connectivity index (χ1v) is 11.7. The van der Waals surface area contributed by atoms with Crippen LogP contribution in [0, 0.1) is 0 Å². The molecule has 3 N–H and O–H groups in total. The van der Waals surface area contributed by atoms with Crippen LogP contribution in [0.25, 0.3) is 11.1 Å². The van der Waals surface area contributed by atoms with Gasteiger partial charge in [-0.25, -0.2) is 9.59 Å². The number of rotatable bonds is 8. The highest BCUT2D eigenvalue weighted by Gasteiger charge is 2.45. The van der Waals surface area contributed by atoms with Crippen LogP contribution >= 0.6 is 0 Å². The molecule has 1 fully saturated rings. The number of aliphatic carboxylic acids is 1. The Kier molecular flexibility index (Phi) is 7.21. The lowest BCUT2D eigenvalue weighted by atomic mass is 9.96. The molecular weight excluding hydrogens is 448 g/mol. The van der Waals surface area contributed by atoms with Crippen molar-refractivity contribution in [2.45, 2.75) is 44.2 Å². The number of benzene rings is 2. The monoisotopic (exact) mass is 478 g/mol. The normalized spacial score (nSPS) is 19.3. The van der Waals surface area contributed by atoms with Gasteiger partial charge in [-0.05, 0) is 42.5 Å². The summed E-state index contributed by atoms with van der Waals surface area (Å²) in [6.45, 7) is 4.02. The number of carbonyl (C=O) groups is 3. The molecule has 8 heteroatoms. The first-order valence-electron chi connectivity index (χ1n) is 11.7. The van der Waals surface area contributed by atoms with Crippen molar-refractivity contribution >= 4 is 18.0 Å². The van der Waals surface area contributed by atoms with Gasteiger partial charge in [0.15, 0.2) is 0 Å². The maximum atomic E-state index is 13.1. The maximum Gasteiger partial charge on any atom is 0.408 e. The van der Waals surface area contributed by atoms with Crippen molar-refractivity contribution in [3.63, 3.8) is 0 Å². The molecule has 2 aliphatic rings. The van der Waals surface area contributed by atoms with Crippen LogP contribution in [0.2, 0.25) is 0 Å². The molecule has 4 rings (SSSR count). The third kappa shape index (κ3) is 5.22. The number of hydrogen-bond acceptors (Lipinski definition) is 5. The van der Waals surface area contributed by atoms with Crippen LogP contribution in [0.4, 0.5) is 4.79 Å². The number of carbonyl (C=O) groups excluding carboxylic acids is 2. The van der Waals surface area contributed by atoms with Gasteiger partial charge in [0.1, 0.15) is 18.2 Å². The van der Waals surface area contributed by atoms with E-state index in [1.165, 1.54) is 0 Å². The molecule has 1 aliphatic heterocycles. The van der Waals surface area contributed by atoms with Crippen molar-refractivity contribution < 1.29 is 29.0 Å². The van der Waals surface area contributed by atoms with Crippen LogP contribution in [0.15, 0.2) is 60.2 Å². The topological polar surface area (TPSA) is 114 Å². The molecule has 35 heavy (non-hydrogen) atoms. The predicted molar refractivity (Wildman–Crippen MR) is 130 cm³/mol. The molecule has 0 bridgehead atoms. The number of carboxylic acids is 1. The minimum Gasteiger partial charge on any atom is -0.480 e. The number of allylic oxidation sites excluding steroid dienone is 1. The lowest BCUT2D eigenvalue weighted by molar-refractivity contribution is -0.142. The second-order valence-electron chi connectivity index (χ2n) is 9.22. The SMILES string of the molecule is CC(C)=CCC(NC(=O)C1(NC(=O)OCC2c3ccccc3-c3ccccc32)CCOC1)C(=O)O. The van der Waals surface area contributed by atoms with Crippen LogP contribution in [-0.2, 0) is 19.1 Å². The van der Waals surface area contributed by atoms with E-state index in [-0.39, 0.29) is 38.6 Å². The molecule has 0 spiro atoms. The average Bonchev–Trinajstić information content (AvgIpc) is 3.43. The van der Waals surface area contributed by atoms with Crippen LogP contribution in [0.5, 0.6) is 0 Å². The largest absolute Gasteiger partial charge is 0.480 e. The molecule has 0 saturated carbocycles. The van der Waals surface area contributed by atoms with Crippen LogP contribution in [0.3, 0.4) is 0 Å². The number of fused-ring (bicyclic) bond motifs is 3. The van der Waals surface area contributed by atoms with Gasteiger partial charge >= 0.3 is 12.1 Å². The van der Waals surface area contributed by atoms with E-state index >= 15 is 0 Å². The summed E-state index contributed by atoms with van der Waals surface area (Å²) in [5, 5.41) is 14.7. The summed E-state index contributed by atoms with van der Waals surface area (Å²) >= 11 is 0. The molecule has 0 radical (unpaired) electrons. The van der Waals surface area contributed by atoms with Crippen molar-refractivity contribution in [2.24, 2.45) is 0 Å². The smallest absolute Gasteiger partial charge is 0.408 e. The van der Waals surface area contributed by atoms with E-state index in [1.54, 1.807) is 6.08 Å². The zero-order valence-electron chi connectivity index (χ0n) is 19.9. The van der Waals surface area contributed by atoms with Crippen LogP contribution < -0.4 is 10.6 Å². The molecule has 1 heterocycles. The van der Waals surface area contributed by atoms with E-state index in [1.807, 2.05) is 50.2 Å². The molecule has 0 aromatic heterocycles. The van der Waals surface area contributed by atoms with Gasteiger partial charge in [0.2, 0.25) is 5.91 Å². The zero-order valence-corrected chi connectivity index (χ0v) is 19.9. The van der Waals surface area contributed by atoms with Crippen LogP contribution in [-0.4, -0.2) is 54.5 Å². The van der Waals surface area contributed by atoms with Gasteiger partial charge in [0, 0.05) is 18.9 Å². The van der Waals surface area contributed by atoms with Crippen molar-refractivity contribution in [1.29, 1.82) is 0 Å². The Morgan fingerprint density at radius 2 is 1.74 bits per heavy atom. The lowest BCUT2D eigenvalue weighted by Gasteiger charge is -2.29. The average molecular weight is 479 g/mol. The molecule has 8 nitrogen and oxygen atoms in total. The van der Waals surface area contributed by atoms with Crippen molar-refractivity contribution in [3.8, 4) is 11.1 Å². The minimum atomic E-state index is -1.39. The van der Waals surface area contributed by atoms with Gasteiger partial charge in [0.25, 0.3) is 0 Å². The van der Waals surface area contributed by atoms with Gasteiger partial charge < -0.3 is 25.2 Å². The molecule has 1 aliphatic carbocycles. The number of nitrogens with one attached hydrogen (secondary N) is 2.